The first kappa shape index (κ1) is 20.0. The van der Waals surface area contributed by atoms with Crippen molar-refractivity contribution >= 4 is 28.3 Å². The van der Waals surface area contributed by atoms with E-state index in [2.05, 4.69) is 5.32 Å². The predicted octanol–water partition coefficient (Wildman–Crippen LogP) is 0.971. The lowest BCUT2D eigenvalue weighted by Gasteiger charge is -2.40. The maximum atomic E-state index is 13.9. The van der Waals surface area contributed by atoms with Crippen LogP contribution in [-0.2, 0) is 14.8 Å². The van der Waals surface area contributed by atoms with Crippen LogP contribution in [0.25, 0.3) is 0 Å². The molecule has 2 fully saturated rings. The normalized spacial score (nSPS) is 22.6. The van der Waals surface area contributed by atoms with E-state index in [1.54, 1.807) is 4.90 Å². The third-order valence-electron chi connectivity index (χ3n) is 4.46. The first-order chi connectivity index (χ1) is 11.4. The average molecular weight is 396 g/mol. The predicted molar refractivity (Wildman–Crippen MR) is 90.0 cm³/mol. The molecule has 1 N–H and O–H groups in total. The minimum absolute atomic E-state index is 0. The number of carbonyl (C=O) groups is 1. The van der Waals surface area contributed by atoms with Crippen molar-refractivity contribution in [3.05, 3.63) is 29.8 Å². The van der Waals surface area contributed by atoms with Gasteiger partial charge in [0.2, 0.25) is 15.9 Å². The maximum absolute atomic E-state index is 13.9. The summed E-state index contributed by atoms with van der Waals surface area (Å²) in [6.45, 7) is 1.75. The second-order valence-corrected chi connectivity index (χ2v) is 7.88. The summed E-state index contributed by atoms with van der Waals surface area (Å²) in [5, 5.41) is 2.97. The van der Waals surface area contributed by atoms with E-state index in [4.69, 9.17) is 0 Å². The van der Waals surface area contributed by atoms with Gasteiger partial charge in [-0.3, -0.25) is 4.79 Å². The molecule has 0 aromatic heterocycles. The van der Waals surface area contributed by atoms with Crippen molar-refractivity contribution in [3.63, 3.8) is 0 Å². The van der Waals surface area contributed by atoms with Crippen LogP contribution in [-0.4, -0.2) is 62.3 Å². The number of piperidine rings is 1. The Morgan fingerprint density at radius 2 is 1.96 bits per heavy atom. The Morgan fingerprint density at radius 1 is 1.20 bits per heavy atom. The number of hydrogen-bond acceptors (Lipinski definition) is 4. The molecule has 0 aliphatic carbocycles. The molecule has 1 aromatic rings. The zero-order chi connectivity index (χ0) is 17.3. The molecule has 3 rings (SSSR count). The van der Waals surface area contributed by atoms with Crippen LogP contribution >= 0.6 is 12.4 Å². The van der Waals surface area contributed by atoms with Gasteiger partial charge in [-0.1, -0.05) is 6.07 Å². The Labute approximate surface area is 151 Å². The Balaban J connectivity index is 0.00000225. The first-order valence-corrected chi connectivity index (χ1v) is 9.29. The highest BCUT2D eigenvalue weighted by molar-refractivity contribution is 7.89. The summed E-state index contributed by atoms with van der Waals surface area (Å²) in [5.74, 6) is -2.62. The van der Waals surface area contributed by atoms with Gasteiger partial charge in [-0.15, -0.1) is 12.4 Å². The van der Waals surface area contributed by atoms with Crippen molar-refractivity contribution in [1.82, 2.24) is 14.5 Å². The summed E-state index contributed by atoms with van der Waals surface area (Å²) in [6.07, 6.45) is 1.27. The van der Waals surface area contributed by atoms with Gasteiger partial charge in [0.15, 0.2) is 11.6 Å². The molecule has 10 heteroatoms. The molecule has 0 spiro atoms. The standard InChI is InChI=1S/C15H19F2N3O3S.ClH/c16-12-4-1-5-13(15(12)17)24(22,23)19-7-2-3-11(10-19)20-8-6-18-9-14(20)21;/h1,4-5,11,18H,2-3,6-10H2;1H. The molecule has 140 valence electrons. The van der Waals surface area contributed by atoms with E-state index in [0.29, 0.717) is 25.9 Å². The van der Waals surface area contributed by atoms with Crippen LogP contribution in [0, 0.1) is 11.6 Å². The number of nitrogens with one attached hydrogen (secondary N) is 1. The van der Waals surface area contributed by atoms with Gasteiger partial charge in [-0.2, -0.15) is 4.31 Å². The van der Waals surface area contributed by atoms with E-state index in [0.717, 1.165) is 16.4 Å². The van der Waals surface area contributed by atoms with E-state index < -0.39 is 26.6 Å². The summed E-state index contributed by atoms with van der Waals surface area (Å²) in [5.41, 5.74) is 0. The number of hydrogen-bond donors (Lipinski definition) is 1. The highest BCUT2D eigenvalue weighted by atomic mass is 35.5. The highest BCUT2D eigenvalue weighted by Gasteiger charge is 2.36. The molecule has 2 saturated heterocycles. The van der Waals surface area contributed by atoms with Crippen molar-refractivity contribution in [1.29, 1.82) is 0 Å². The van der Waals surface area contributed by atoms with Crippen LogP contribution in [0.2, 0.25) is 0 Å². The van der Waals surface area contributed by atoms with Crippen LogP contribution in [0.5, 0.6) is 0 Å². The molecule has 1 atom stereocenters. The van der Waals surface area contributed by atoms with Gasteiger partial charge in [-0.25, -0.2) is 17.2 Å². The van der Waals surface area contributed by atoms with Gasteiger partial charge in [0.1, 0.15) is 4.90 Å². The van der Waals surface area contributed by atoms with Gasteiger partial charge in [-0.05, 0) is 25.0 Å². The third kappa shape index (κ3) is 3.94. The summed E-state index contributed by atoms with van der Waals surface area (Å²) < 4.78 is 53.8. The minimum atomic E-state index is -4.14. The summed E-state index contributed by atoms with van der Waals surface area (Å²) >= 11 is 0. The van der Waals surface area contributed by atoms with Crippen molar-refractivity contribution < 1.29 is 22.0 Å². The van der Waals surface area contributed by atoms with Gasteiger partial charge >= 0.3 is 0 Å². The number of piperazine rings is 1. The lowest BCUT2D eigenvalue weighted by atomic mass is 10.1. The van der Waals surface area contributed by atoms with Crippen LogP contribution in [0.1, 0.15) is 12.8 Å². The molecule has 1 amide bonds. The summed E-state index contributed by atoms with van der Waals surface area (Å²) in [7, 11) is -4.14. The average Bonchev–Trinajstić information content (AvgIpc) is 2.58. The van der Waals surface area contributed by atoms with E-state index in [1.165, 1.54) is 6.07 Å². The quantitative estimate of drug-likeness (QED) is 0.828. The zero-order valence-electron chi connectivity index (χ0n) is 13.5. The smallest absolute Gasteiger partial charge is 0.246 e. The molecule has 25 heavy (non-hydrogen) atoms. The van der Waals surface area contributed by atoms with Crippen molar-refractivity contribution in [2.24, 2.45) is 0 Å². The van der Waals surface area contributed by atoms with E-state index in [9.17, 15) is 22.0 Å². The van der Waals surface area contributed by atoms with Gasteiger partial charge in [0, 0.05) is 32.2 Å². The second kappa shape index (κ2) is 7.94. The van der Waals surface area contributed by atoms with E-state index in [1.807, 2.05) is 0 Å². The summed E-state index contributed by atoms with van der Waals surface area (Å²) in [4.78, 5) is 13.0. The van der Waals surface area contributed by atoms with Crippen molar-refractivity contribution in [3.8, 4) is 0 Å². The van der Waals surface area contributed by atoms with Crippen molar-refractivity contribution in [2.45, 2.75) is 23.8 Å². The fourth-order valence-electron chi connectivity index (χ4n) is 3.22. The number of nitrogens with zero attached hydrogens (tertiary/aromatic N) is 2. The van der Waals surface area contributed by atoms with E-state index in [-0.39, 0.29) is 44.0 Å². The molecular weight excluding hydrogens is 376 g/mol. The summed E-state index contributed by atoms with van der Waals surface area (Å²) in [6, 6.07) is 2.88. The Bertz CT molecular complexity index is 748. The number of rotatable bonds is 3. The number of halogens is 3. The highest BCUT2D eigenvalue weighted by Crippen LogP contribution is 2.26. The Hall–Kier alpha value is -1.29. The zero-order valence-corrected chi connectivity index (χ0v) is 15.1. The molecular formula is C15H20ClF2N3O3S. The number of amides is 1. The SMILES string of the molecule is Cl.O=C1CNCCN1C1CCCN(S(=O)(=O)c2cccc(F)c2F)C1. The Morgan fingerprint density at radius 3 is 2.68 bits per heavy atom. The monoisotopic (exact) mass is 395 g/mol. The third-order valence-corrected chi connectivity index (χ3v) is 6.34. The molecule has 2 heterocycles. The fraction of sp³-hybridized carbons (Fsp3) is 0.533. The minimum Gasteiger partial charge on any atom is -0.336 e. The van der Waals surface area contributed by atoms with Crippen LogP contribution in [0.15, 0.2) is 23.1 Å². The molecule has 6 nitrogen and oxygen atoms in total. The van der Waals surface area contributed by atoms with E-state index >= 15 is 0 Å². The molecule has 0 bridgehead atoms. The number of benzene rings is 1. The molecule has 0 saturated carbocycles. The number of carbonyl (C=O) groups excluding carboxylic acids is 1. The molecule has 1 unspecified atom stereocenters. The van der Waals surface area contributed by atoms with Crippen LogP contribution in [0.4, 0.5) is 8.78 Å². The molecule has 0 radical (unpaired) electrons. The topological polar surface area (TPSA) is 69.7 Å². The van der Waals surface area contributed by atoms with Crippen LogP contribution in [0.3, 0.4) is 0 Å². The van der Waals surface area contributed by atoms with Gasteiger partial charge < -0.3 is 10.2 Å². The lowest BCUT2D eigenvalue weighted by Crippen LogP contribution is -2.57. The Kier molecular flexibility index (Phi) is 6.36. The van der Waals surface area contributed by atoms with Gasteiger partial charge in [0.25, 0.3) is 0 Å². The first-order valence-electron chi connectivity index (χ1n) is 7.85. The van der Waals surface area contributed by atoms with Crippen LogP contribution < -0.4 is 5.32 Å². The van der Waals surface area contributed by atoms with Gasteiger partial charge in [0.05, 0.1) is 6.54 Å². The molecule has 2 aliphatic rings. The van der Waals surface area contributed by atoms with Crippen molar-refractivity contribution in [2.75, 3.05) is 32.7 Å². The molecule has 2 aliphatic heterocycles. The number of sulfonamides is 1. The largest absolute Gasteiger partial charge is 0.336 e. The molecule has 1 aromatic carbocycles. The second-order valence-electron chi connectivity index (χ2n) is 5.97. The lowest BCUT2D eigenvalue weighted by molar-refractivity contribution is -0.135. The fourth-order valence-corrected chi connectivity index (χ4v) is 4.81. The maximum Gasteiger partial charge on any atom is 0.246 e.